The van der Waals surface area contributed by atoms with Crippen molar-refractivity contribution in [3.8, 4) is 0 Å². The zero-order valence-electron chi connectivity index (χ0n) is 15.3. The van der Waals surface area contributed by atoms with Crippen molar-refractivity contribution in [1.29, 1.82) is 0 Å². The van der Waals surface area contributed by atoms with Crippen LogP contribution in [-0.4, -0.2) is 0 Å². The molecule has 3 aromatic carbocycles. The summed E-state index contributed by atoms with van der Waals surface area (Å²) < 4.78 is 0. The summed E-state index contributed by atoms with van der Waals surface area (Å²) in [5.41, 5.74) is 0. The molecule has 0 bridgehead atoms. The Morgan fingerprint density at radius 2 is 0.783 bits per heavy atom. The van der Waals surface area contributed by atoms with Crippen LogP contribution in [0.1, 0.15) is 59.8 Å². The number of rotatable bonds is 3. The van der Waals surface area contributed by atoms with Gasteiger partial charge >= 0.3 is 0 Å². The Morgan fingerprint density at radius 3 is 1.00 bits per heavy atom. The minimum Gasteiger partial charge on any atom is -0.0656 e. The van der Waals surface area contributed by atoms with Crippen LogP contribution in [0.2, 0.25) is 0 Å². The van der Waals surface area contributed by atoms with Crippen LogP contribution in [0.4, 0.5) is 0 Å². The summed E-state index contributed by atoms with van der Waals surface area (Å²) in [4.78, 5) is 0. The van der Waals surface area contributed by atoms with Crippen molar-refractivity contribution in [2.45, 2.75) is 59.8 Å². The van der Waals surface area contributed by atoms with Crippen LogP contribution < -0.4 is 0 Å². The molecule has 0 heterocycles. The number of hydrogen-bond acceptors (Lipinski definition) is 0. The van der Waals surface area contributed by atoms with E-state index in [2.05, 4.69) is 88.4 Å². The summed E-state index contributed by atoms with van der Waals surface area (Å²) in [6.45, 7) is 8.71. The van der Waals surface area contributed by atoms with Gasteiger partial charge in [0, 0.05) is 0 Å². The summed E-state index contributed by atoms with van der Waals surface area (Å²) in [6, 6.07) is 21.4. The lowest BCUT2D eigenvalue weighted by Gasteiger charge is -2.00. The second-order valence-corrected chi connectivity index (χ2v) is 5.96. The first-order valence-corrected chi connectivity index (χ1v) is 9.14. The van der Waals surface area contributed by atoms with E-state index in [-0.39, 0.29) is 0 Å². The van der Waals surface area contributed by atoms with Gasteiger partial charge in [0.15, 0.2) is 0 Å². The molecule has 0 radical (unpaired) electrons. The molecular formula is C23H32. The van der Waals surface area contributed by atoms with Gasteiger partial charge in [-0.15, -0.1) is 0 Å². The first kappa shape index (κ1) is 19.2. The third-order valence-electron chi connectivity index (χ3n) is 3.57. The number of benzene rings is 3. The van der Waals surface area contributed by atoms with Crippen molar-refractivity contribution in [2.24, 2.45) is 0 Å². The Balaban J connectivity index is 0.000000250. The molecule has 0 saturated carbocycles. The lowest BCUT2D eigenvalue weighted by molar-refractivity contribution is 0.702. The van der Waals surface area contributed by atoms with Crippen LogP contribution in [0.25, 0.3) is 21.5 Å². The van der Waals surface area contributed by atoms with E-state index in [1.807, 2.05) is 0 Å². The lowest BCUT2D eigenvalue weighted by Crippen LogP contribution is -1.74. The summed E-state index contributed by atoms with van der Waals surface area (Å²) in [5, 5.41) is 5.25. The van der Waals surface area contributed by atoms with E-state index in [1.54, 1.807) is 0 Å². The van der Waals surface area contributed by atoms with Crippen molar-refractivity contribution < 1.29 is 0 Å². The maximum absolute atomic E-state index is 2.24. The van der Waals surface area contributed by atoms with Crippen LogP contribution in [0.3, 0.4) is 0 Å². The summed E-state index contributed by atoms with van der Waals surface area (Å²) >= 11 is 0. The van der Waals surface area contributed by atoms with Gasteiger partial charge < -0.3 is 0 Å². The quantitative estimate of drug-likeness (QED) is 0.339. The molecule has 0 fully saturated rings. The molecule has 3 aromatic rings. The molecule has 0 spiro atoms. The smallest absolute Gasteiger partial charge is 0.0178 e. The Hall–Kier alpha value is -1.82. The van der Waals surface area contributed by atoms with Crippen molar-refractivity contribution in [3.63, 3.8) is 0 Å². The fourth-order valence-corrected chi connectivity index (χ4v) is 2.38. The van der Waals surface area contributed by atoms with Crippen LogP contribution in [0.15, 0.2) is 60.7 Å². The molecule has 0 aromatic heterocycles. The second-order valence-electron chi connectivity index (χ2n) is 5.96. The van der Waals surface area contributed by atoms with E-state index in [0.29, 0.717) is 0 Å². The molecule has 3 rings (SSSR count). The molecule has 0 nitrogen and oxygen atoms in total. The normalized spacial score (nSPS) is 9.74. The van der Waals surface area contributed by atoms with E-state index >= 15 is 0 Å². The maximum Gasteiger partial charge on any atom is -0.0178 e. The van der Waals surface area contributed by atoms with Crippen molar-refractivity contribution >= 4 is 21.5 Å². The molecule has 0 unspecified atom stereocenters. The van der Waals surface area contributed by atoms with Gasteiger partial charge in [-0.2, -0.15) is 0 Å². The highest BCUT2D eigenvalue weighted by molar-refractivity contribution is 5.98. The van der Waals surface area contributed by atoms with Crippen LogP contribution >= 0.6 is 0 Å². The molecule has 23 heavy (non-hydrogen) atoms. The Morgan fingerprint density at radius 1 is 0.522 bits per heavy atom. The summed E-state index contributed by atoms with van der Waals surface area (Å²) in [5.74, 6) is 0. The lowest BCUT2D eigenvalue weighted by atomic mass is 10.0. The van der Waals surface area contributed by atoms with Gasteiger partial charge in [-0.1, -0.05) is 108 Å². The first-order chi connectivity index (χ1) is 11.3. The average molecular weight is 309 g/mol. The third kappa shape index (κ3) is 6.86. The predicted octanol–water partition coefficient (Wildman–Crippen LogP) is 8.00. The number of hydrogen-bond donors (Lipinski definition) is 0. The van der Waals surface area contributed by atoms with E-state index in [1.165, 1.54) is 53.6 Å². The van der Waals surface area contributed by atoms with Crippen molar-refractivity contribution in [3.05, 3.63) is 60.7 Å². The van der Waals surface area contributed by atoms with Gasteiger partial charge in [0.05, 0.1) is 0 Å². The monoisotopic (exact) mass is 308 g/mol. The second kappa shape index (κ2) is 11.7. The molecule has 0 atom stereocenters. The molecule has 0 amide bonds. The van der Waals surface area contributed by atoms with Gasteiger partial charge in [-0.05, 0) is 33.7 Å². The Labute approximate surface area is 142 Å². The Bertz CT molecular complexity index is 558. The largest absolute Gasteiger partial charge is 0.0656 e. The maximum atomic E-state index is 2.24. The fourth-order valence-electron chi connectivity index (χ4n) is 2.38. The van der Waals surface area contributed by atoms with Crippen molar-refractivity contribution in [1.82, 2.24) is 0 Å². The highest BCUT2D eigenvalue weighted by atomic mass is 14.0. The number of unbranched alkanes of at least 4 members (excludes halogenated alkanes) is 3. The fraction of sp³-hybridized carbons (Fsp3) is 0.391. The van der Waals surface area contributed by atoms with Crippen LogP contribution in [0.5, 0.6) is 0 Å². The number of fused-ring (bicyclic) bond motifs is 2. The molecule has 0 aliphatic rings. The SMILES string of the molecule is CCC.CCCCCC.c1ccc2cc3ccccc3cc2c1. The molecule has 0 N–H and O–H groups in total. The van der Waals surface area contributed by atoms with Crippen molar-refractivity contribution in [2.75, 3.05) is 0 Å². The van der Waals surface area contributed by atoms with Gasteiger partial charge in [-0.3, -0.25) is 0 Å². The van der Waals surface area contributed by atoms with Gasteiger partial charge in [0.1, 0.15) is 0 Å². The molecule has 0 aliphatic heterocycles. The van der Waals surface area contributed by atoms with E-state index in [0.717, 1.165) is 0 Å². The first-order valence-electron chi connectivity index (χ1n) is 9.14. The molecule has 0 aliphatic carbocycles. The van der Waals surface area contributed by atoms with Gasteiger partial charge in [0.2, 0.25) is 0 Å². The average Bonchev–Trinajstić information content (AvgIpc) is 2.59. The van der Waals surface area contributed by atoms with E-state index in [9.17, 15) is 0 Å². The minimum atomic E-state index is 1.25. The molecular weight excluding hydrogens is 276 g/mol. The summed E-state index contributed by atoms with van der Waals surface area (Å²) in [6.07, 6.45) is 6.79. The third-order valence-corrected chi connectivity index (χ3v) is 3.57. The zero-order chi connectivity index (χ0) is 16.9. The van der Waals surface area contributed by atoms with E-state index < -0.39 is 0 Å². The summed E-state index contributed by atoms with van der Waals surface area (Å²) in [7, 11) is 0. The van der Waals surface area contributed by atoms with Crippen LogP contribution in [-0.2, 0) is 0 Å². The predicted molar refractivity (Wildman–Crippen MR) is 107 cm³/mol. The minimum absolute atomic E-state index is 1.25. The standard InChI is InChI=1S/C14H10.C6H14.C3H8/c1-2-6-12-10-14-8-4-3-7-13(14)9-11(12)5-1;1-3-5-6-4-2;1-3-2/h1-10H;3-6H2,1-2H3;3H2,1-2H3. The highest BCUT2D eigenvalue weighted by Gasteiger charge is 1.95. The van der Waals surface area contributed by atoms with Gasteiger partial charge in [0.25, 0.3) is 0 Å². The zero-order valence-corrected chi connectivity index (χ0v) is 15.3. The molecule has 0 saturated heterocycles. The highest BCUT2D eigenvalue weighted by Crippen LogP contribution is 2.21. The molecule has 124 valence electrons. The Kier molecular flexibility index (Phi) is 9.79. The van der Waals surface area contributed by atoms with E-state index in [4.69, 9.17) is 0 Å². The van der Waals surface area contributed by atoms with Crippen LogP contribution in [0, 0.1) is 0 Å². The topological polar surface area (TPSA) is 0 Å². The molecule has 0 heteroatoms. The van der Waals surface area contributed by atoms with Gasteiger partial charge in [-0.25, -0.2) is 0 Å².